The summed E-state index contributed by atoms with van der Waals surface area (Å²) in [4.78, 5) is 0. The van der Waals surface area contributed by atoms with Crippen molar-refractivity contribution in [3.63, 3.8) is 0 Å². The molecule has 0 aliphatic heterocycles. The molecule has 1 N–H and O–H groups in total. The first kappa shape index (κ1) is 14.8. The predicted molar refractivity (Wildman–Crippen MR) is 72.7 cm³/mol. The largest absolute Gasteiger partial charge is 0.417 e. The van der Waals surface area contributed by atoms with E-state index in [9.17, 15) is 13.2 Å². The summed E-state index contributed by atoms with van der Waals surface area (Å²) in [5.74, 6) is 0.465. The SMILES string of the molecule is CC(C)Cn1c(-c2ccccc2C(F)(F)F)n[nH]c1=S. The second kappa shape index (κ2) is 5.40. The second-order valence-corrected chi connectivity index (χ2v) is 5.29. The molecule has 0 radical (unpaired) electrons. The Morgan fingerprint density at radius 1 is 1.30 bits per heavy atom. The zero-order valence-corrected chi connectivity index (χ0v) is 11.8. The average Bonchev–Trinajstić information content (AvgIpc) is 2.69. The summed E-state index contributed by atoms with van der Waals surface area (Å²) in [6.07, 6.45) is -4.42. The van der Waals surface area contributed by atoms with Crippen LogP contribution in [0.1, 0.15) is 19.4 Å². The van der Waals surface area contributed by atoms with E-state index in [1.54, 1.807) is 10.6 Å². The summed E-state index contributed by atoms with van der Waals surface area (Å²) in [6, 6.07) is 5.37. The molecule has 1 aromatic carbocycles. The second-order valence-electron chi connectivity index (χ2n) is 4.90. The number of benzene rings is 1. The Kier molecular flexibility index (Phi) is 3.99. The molecule has 0 fully saturated rings. The summed E-state index contributed by atoms with van der Waals surface area (Å²) in [7, 11) is 0. The Hall–Kier alpha value is -1.63. The Morgan fingerprint density at radius 3 is 2.55 bits per heavy atom. The van der Waals surface area contributed by atoms with Crippen LogP contribution in [0, 0.1) is 10.7 Å². The van der Waals surface area contributed by atoms with Gasteiger partial charge in [0, 0.05) is 12.1 Å². The third kappa shape index (κ3) is 2.92. The first-order chi connectivity index (χ1) is 9.30. The summed E-state index contributed by atoms with van der Waals surface area (Å²) >= 11 is 5.09. The minimum Gasteiger partial charge on any atom is -0.300 e. The maximum absolute atomic E-state index is 13.1. The maximum Gasteiger partial charge on any atom is 0.417 e. The highest BCUT2D eigenvalue weighted by atomic mass is 32.1. The minimum atomic E-state index is -4.42. The number of aromatic amines is 1. The van der Waals surface area contributed by atoms with E-state index in [2.05, 4.69) is 10.2 Å². The number of nitrogens with zero attached hydrogens (tertiary/aromatic N) is 2. The minimum absolute atomic E-state index is 0.0352. The lowest BCUT2D eigenvalue weighted by atomic mass is 10.1. The van der Waals surface area contributed by atoms with Gasteiger partial charge in [0.05, 0.1) is 5.56 Å². The normalized spacial score (nSPS) is 12.1. The van der Waals surface area contributed by atoms with Crippen molar-refractivity contribution in [2.45, 2.75) is 26.6 Å². The van der Waals surface area contributed by atoms with Gasteiger partial charge in [0.25, 0.3) is 0 Å². The van der Waals surface area contributed by atoms with Gasteiger partial charge in [-0.2, -0.15) is 18.3 Å². The van der Waals surface area contributed by atoms with E-state index in [-0.39, 0.29) is 17.3 Å². The Balaban J connectivity index is 2.61. The third-order valence-corrected chi connectivity index (χ3v) is 3.09. The zero-order chi connectivity index (χ0) is 14.9. The lowest BCUT2D eigenvalue weighted by Crippen LogP contribution is -2.11. The van der Waals surface area contributed by atoms with Gasteiger partial charge in [-0.1, -0.05) is 32.0 Å². The van der Waals surface area contributed by atoms with E-state index in [0.29, 0.717) is 11.3 Å². The number of alkyl halides is 3. The van der Waals surface area contributed by atoms with Crippen molar-refractivity contribution in [3.05, 3.63) is 34.6 Å². The Labute approximate surface area is 119 Å². The number of nitrogens with one attached hydrogen (secondary N) is 1. The van der Waals surface area contributed by atoms with Crippen molar-refractivity contribution in [1.29, 1.82) is 0 Å². The summed E-state index contributed by atoms with van der Waals surface area (Å²) < 4.78 is 41.1. The van der Waals surface area contributed by atoms with E-state index in [4.69, 9.17) is 12.2 Å². The number of rotatable bonds is 3. The first-order valence-corrected chi connectivity index (χ1v) is 6.53. The predicted octanol–water partition coefficient (Wildman–Crippen LogP) is 4.28. The number of halogens is 3. The van der Waals surface area contributed by atoms with Gasteiger partial charge >= 0.3 is 6.18 Å². The fourth-order valence-corrected chi connectivity index (χ4v) is 2.19. The molecular formula is C13H14F3N3S. The molecule has 0 unspecified atom stereocenters. The molecular weight excluding hydrogens is 287 g/mol. The quantitative estimate of drug-likeness (QED) is 0.858. The van der Waals surface area contributed by atoms with E-state index < -0.39 is 11.7 Å². The molecule has 0 aliphatic carbocycles. The average molecular weight is 301 g/mol. The molecule has 0 aliphatic rings. The fraction of sp³-hybridized carbons (Fsp3) is 0.385. The Morgan fingerprint density at radius 2 is 1.95 bits per heavy atom. The van der Waals surface area contributed by atoms with Crippen molar-refractivity contribution in [2.24, 2.45) is 5.92 Å². The smallest absolute Gasteiger partial charge is 0.300 e. The van der Waals surface area contributed by atoms with Gasteiger partial charge in [-0.05, 0) is 24.2 Å². The Bertz CT molecular complexity index is 655. The maximum atomic E-state index is 13.1. The van der Waals surface area contributed by atoms with Crippen LogP contribution in [0.4, 0.5) is 13.2 Å². The summed E-state index contributed by atoms with van der Waals surface area (Å²) in [6.45, 7) is 4.44. The molecule has 20 heavy (non-hydrogen) atoms. The standard InChI is InChI=1S/C13H14F3N3S/c1-8(2)7-19-11(17-18-12(19)20)9-5-3-4-6-10(9)13(14,15)16/h3-6,8H,7H2,1-2H3,(H,18,20). The van der Waals surface area contributed by atoms with Crippen molar-refractivity contribution < 1.29 is 13.2 Å². The molecule has 0 saturated heterocycles. The van der Waals surface area contributed by atoms with E-state index in [1.165, 1.54) is 12.1 Å². The molecule has 2 rings (SSSR count). The first-order valence-electron chi connectivity index (χ1n) is 6.12. The van der Waals surface area contributed by atoms with Crippen molar-refractivity contribution >= 4 is 12.2 Å². The summed E-state index contributed by atoms with van der Waals surface area (Å²) in [5.41, 5.74) is -0.674. The van der Waals surface area contributed by atoms with Gasteiger partial charge in [0.15, 0.2) is 10.6 Å². The molecule has 2 aromatic rings. The van der Waals surface area contributed by atoms with E-state index in [0.717, 1.165) is 6.07 Å². The number of hydrogen-bond donors (Lipinski definition) is 1. The molecule has 7 heteroatoms. The molecule has 0 saturated carbocycles. The third-order valence-electron chi connectivity index (χ3n) is 2.78. The molecule has 0 amide bonds. The van der Waals surface area contributed by atoms with Crippen LogP contribution in [-0.2, 0) is 12.7 Å². The highest BCUT2D eigenvalue weighted by Crippen LogP contribution is 2.36. The summed E-state index contributed by atoms with van der Waals surface area (Å²) in [5, 5.41) is 6.53. The molecule has 0 spiro atoms. The number of hydrogen-bond acceptors (Lipinski definition) is 2. The lowest BCUT2D eigenvalue weighted by Gasteiger charge is -2.14. The van der Waals surface area contributed by atoms with Crippen LogP contribution in [0.15, 0.2) is 24.3 Å². The van der Waals surface area contributed by atoms with Gasteiger partial charge in [0.2, 0.25) is 0 Å². The van der Waals surface area contributed by atoms with Crippen LogP contribution in [0.2, 0.25) is 0 Å². The topological polar surface area (TPSA) is 33.6 Å². The van der Waals surface area contributed by atoms with Crippen LogP contribution in [0.25, 0.3) is 11.4 Å². The van der Waals surface area contributed by atoms with Crippen LogP contribution < -0.4 is 0 Å². The van der Waals surface area contributed by atoms with Crippen LogP contribution in [0.3, 0.4) is 0 Å². The monoisotopic (exact) mass is 301 g/mol. The number of aromatic nitrogens is 3. The van der Waals surface area contributed by atoms with E-state index in [1.807, 2.05) is 13.8 Å². The molecule has 108 valence electrons. The molecule has 0 atom stereocenters. The van der Waals surface area contributed by atoms with Crippen LogP contribution in [0.5, 0.6) is 0 Å². The van der Waals surface area contributed by atoms with Gasteiger partial charge in [-0.15, -0.1) is 0 Å². The van der Waals surface area contributed by atoms with Gasteiger partial charge < -0.3 is 0 Å². The molecule has 1 aromatic heterocycles. The molecule has 3 nitrogen and oxygen atoms in total. The fourth-order valence-electron chi connectivity index (χ4n) is 1.98. The molecule has 1 heterocycles. The number of H-pyrrole nitrogens is 1. The lowest BCUT2D eigenvalue weighted by molar-refractivity contribution is -0.137. The van der Waals surface area contributed by atoms with Gasteiger partial charge in [-0.25, -0.2) is 0 Å². The van der Waals surface area contributed by atoms with Crippen molar-refractivity contribution in [3.8, 4) is 11.4 Å². The van der Waals surface area contributed by atoms with Gasteiger partial charge in [-0.3, -0.25) is 9.67 Å². The van der Waals surface area contributed by atoms with Crippen LogP contribution in [-0.4, -0.2) is 14.8 Å². The highest BCUT2D eigenvalue weighted by molar-refractivity contribution is 7.71. The van der Waals surface area contributed by atoms with Crippen molar-refractivity contribution in [1.82, 2.24) is 14.8 Å². The zero-order valence-electron chi connectivity index (χ0n) is 11.0. The van der Waals surface area contributed by atoms with E-state index >= 15 is 0 Å². The van der Waals surface area contributed by atoms with Gasteiger partial charge in [0.1, 0.15) is 0 Å². The van der Waals surface area contributed by atoms with Crippen LogP contribution >= 0.6 is 12.2 Å². The molecule has 0 bridgehead atoms. The highest BCUT2D eigenvalue weighted by Gasteiger charge is 2.34. The van der Waals surface area contributed by atoms with Crippen molar-refractivity contribution in [2.75, 3.05) is 0 Å².